The number of rotatable bonds is 5. The average molecular weight is 357 g/mol. The lowest BCUT2D eigenvalue weighted by atomic mass is 10.2. The first-order valence-corrected chi connectivity index (χ1v) is 9.83. The fraction of sp³-hybridized carbons (Fsp3) is 0.600. The Morgan fingerprint density at radius 2 is 2.26 bits per heavy atom. The van der Waals surface area contributed by atoms with Gasteiger partial charge in [0.1, 0.15) is 0 Å². The van der Waals surface area contributed by atoms with E-state index in [1.807, 2.05) is 30.5 Å². The predicted octanol–water partition coefficient (Wildman–Crippen LogP) is 1.35. The highest BCUT2D eigenvalue weighted by Gasteiger charge is 2.31. The highest BCUT2D eigenvalue weighted by Crippen LogP contribution is 2.27. The number of nitrogens with zero attached hydrogens (tertiary/aromatic N) is 3. The van der Waals surface area contributed by atoms with Gasteiger partial charge in [0.15, 0.2) is 14.9 Å². The third kappa shape index (κ3) is 4.11. The van der Waals surface area contributed by atoms with Gasteiger partial charge in [0.05, 0.1) is 23.2 Å². The summed E-state index contributed by atoms with van der Waals surface area (Å²) in [6.45, 7) is 8.87. The Hall–Kier alpha value is -1.41. The van der Waals surface area contributed by atoms with Gasteiger partial charge in [0.2, 0.25) is 0 Å². The van der Waals surface area contributed by atoms with Crippen molar-refractivity contribution in [2.24, 2.45) is 0 Å². The maximum absolute atomic E-state index is 11.7. The summed E-state index contributed by atoms with van der Waals surface area (Å²) in [4.78, 5) is 1.95. The van der Waals surface area contributed by atoms with Gasteiger partial charge in [0, 0.05) is 31.4 Å². The molecule has 0 aromatic carbocycles. The second kappa shape index (κ2) is 7.00. The van der Waals surface area contributed by atoms with Crippen molar-refractivity contribution in [3.05, 3.63) is 29.6 Å². The van der Waals surface area contributed by atoms with Crippen LogP contribution in [0, 0.1) is 13.8 Å². The number of hydrogen-bond donors (Lipinski definition) is 1. The second-order valence-electron chi connectivity index (χ2n) is 5.98. The largest absolute Gasteiger partial charge is 0.359 e. The first-order valence-electron chi connectivity index (χ1n) is 7.60. The molecule has 8 heteroatoms. The highest BCUT2D eigenvalue weighted by atomic mass is 32.2. The number of nitrogens with one attached hydrogen (secondary N) is 1. The van der Waals surface area contributed by atoms with E-state index in [1.54, 1.807) is 6.08 Å². The molecule has 0 saturated carbocycles. The summed E-state index contributed by atoms with van der Waals surface area (Å²) in [5.74, 6) is 0.435. The van der Waals surface area contributed by atoms with Crippen molar-refractivity contribution in [3.63, 3.8) is 0 Å². The monoisotopic (exact) mass is 356 g/mol. The molecule has 1 fully saturated rings. The van der Waals surface area contributed by atoms with Gasteiger partial charge in [-0.15, -0.1) is 6.58 Å². The molecule has 2 rings (SSSR count). The van der Waals surface area contributed by atoms with Crippen LogP contribution in [0.15, 0.2) is 12.7 Å². The Kier molecular flexibility index (Phi) is 5.46. The fourth-order valence-electron chi connectivity index (χ4n) is 2.85. The fourth-order valence-corrected chi connectivity index (χ4v) is 4.69. The smallest absolute Gasteiger partial charge is 0.169 e. The van der Waals surface area contributed by atoms with Crippen LogP contribution >= 0.6 is 12.2 Å². The normalized spacial score (nSPS) is 19.5. The maximum Gasteiger partial charge on any atom is 0.169 e. The van der Waals surface area contributed by atoms with E-state index >= 15 is 0 Å². The van der Waals surface area contributed by atoms with E-state index in [2.05, 4.69) is 17.0 Å². The SMILES string of the molecule is C=CCNC(=S)N(C)Cc1c(C)nn([C@@H]2CCS(=O)(=O)C2)c1C. The van der Waals surface area contributed by atoms with Crippen molar-refractivity contribution in [3.8, 4) is 0 Å². The summed E-state index contributed by atoms with van der Waals surface area (Å²) >= 11 is 5.33. The molecule has 1 aliphatic heterocycles. The van der Waals surface area contributed by atoms with E-state index in [0.717, 1.165) is 17.0 Å². The molecule has 1 saturated heterocycles. The molecule has 1 aromatic rings. The quantitative estimate of drug-likeness (QED) is 0.635. The van der Waals surface area contributed by atoms with Crippen LogP contribution in [0.1, 0.15) is 29.4 Å². The van der Waals surface area contributed by atoms with Crippen LogP contribution in [-0.2, 0) is 16.4 Å². The van der Waals surface area contributed by atoms with E-state index in [0.29, 0.717) is 24.6 Å². The van der Waals surface area contributed by atoms with Crippen molar-refractivity contribution >= 4 is 27.2 Å². The minimum absolute atomic E-state index is 0.0522. The summed E-state index contributed by atoms with van der Waals surface area (Å²) in [6, 6.07) is -0.0522. The van der Waals surface area contributed by atoms with E-state index in [-0.39, 0.29) is 17.5 Å². The van der Waals surface area contributed by atoms with Crippen molar-refractivity contribution < 1.29 is 8.42 Å². The molecule has 23 heavy (non-hydrogen) atoms. The lowest BCUT2D eigenvalue weighted by Crippen LogP contribution is -2.36. The summed E-state index contributed by atoms with van der Waals surface area (Å²) in [6.07, 6.45) is 2.40. The van der Waals surface area contributed by atoms with Gasteiger partial charge in [-0.1, -0.05) is 6.08 Å². The van der Waals surface area contributed by atoms with Crippen molar-refractivity contribution in [1.29, 1.82) is 0 Å². The predicted molar refractivity (Wildman–Crippen MR) is 96.3 cm³/mol. The molecule has 1 aliphatic rings. The zero-order chi connectivity index (χ0) is 17.2. The lowest BCUT2D eigenvalue weighted by Gasteiger charge is -2.21. The Labute approximate surface area is 143 Å². The summed E-state index contributed by atoms with van der Waals surface area (Å²) < 4.78 is 25.3. The molecule has 0 amide bonds. The van der Waals surface area contributed by atoms with Gasteiger partial charge in [-0.3, -0.25) is 4.68 Å². The molecule has 0 unspecified atom stereocenters. The maximum atomic E-state index is 11.7. The number of aromatic nitrogens is 2. The number of aryl methyl sites for hydroxylation is 1. The number of thiocarbonyl (C=S) groups is 1. The highest BCUT2D eigenvalue weighted by molar-refractivity contribution is 7.91. The zero-order valence-corrected chi connectivity index (χ0v) is 15.5. The van der Waals surface area contributed by atoms with Gasteiger partial charge < -0.3 is 10.2 Å². The first-order chi connectivity index (χ1) is 10.7. The van der Waals surface area contributed by atoms with Crippen LogP contribution in [0.25, 0.3) is 0 Å². The van der Waals surface area contributed by atoms with Crippen LogP contribution in [-0.4, -0.2) is 53.3 Å². The molecule has 1 N–H and O–H groups in total. The van der Waals surface area contributed by atoms with Crippen molar-refractivity contribution in [1.82, 2.24) is 20.0 Å². The van der Waals surface area contributed by atoms with Gasteiger partial charge in [-0.25, -0.2) is 8.42 Å². The minimum Gasteiger partial charge on any atom is -0.359 e. The molecule has 6 nitrogen and oxygen atoms in total. The molecule has 1 atom stereocenters. The summed E-state index contributed by atoms with van der Waals surface area (Å²) in [7, 11) is -0.997. The Morgan fingerprint density at radius 3 is 2.83 bits per heavy atom. The van der Waals surface area contributed by atoms with E-state index in [9.17, 15) is 8.42 Å². The molecule has 0 aliphatic carbocycles. The molecule has 0 spiro atoms. The molecule has 2 heterocycles. The van der Waals surface area contributed by atoms with Crippen LogP contribution in [0.5, 0.6) is 0 Å². The van der Waals surface area contributed by atoms with Crippen LogP contribution in [0.3, 0.4) is 0 Å². The minimum atomic E-state index is -2.92. The molecular formula is C15H24N4O2S2. The standard InChI is InChI=1S/C15H24N4O2S2/c1-5-7-16-15(22)18(4)9-14-11(2)17-19(12(14)3)13-6-8-23(20,21)10-13/h5,13H,1,6-10H2,2-4H3,(H,16,22)/t13-/m1/s1. The van der Waals surface area contributed by atoms with Crippen molar-refractivity contribution in [2.75, 3.05) is 25.1 Å². The zero-order valence-electron chi connectivity index (χ0n) is 13.9. The molecule has 128 valence electrons. The first kappa shape index (κ1) is 17.9. The molecule has 0 radical (unpaired) electrons. The van der Waals surface area contributed by atoms with Gasteiger partial charge in [0.25, 0.3) is 0 Å². The lowest BCUT2D eigenvalue weighted by molar-refractivity contribution is 0.475. The molecule has 0 bridgehead atoms. The van der Waals surface area contributed by atoms with Crippen molar-refractivity contribution in [2.45, 2.75) is 32.9 Å². The third-order valence-corrected chi connectivity index (χ3v) is 6.38. The second-order valence-corrected chi connectivity index (χ2v) is 8.60. The van der Waals surface area contributed by atoms with Crippen LogP contribution < -0.4 is 5.32 Å². The average Bonchev–Trinajstić information content (AvgIpc) is 2.98. The Balaban J connectivity index is 2.15. The topological polar surface area (TPSA) is 67.2 Å². The van der Waals surface area contributed by atoms with E-state index < -0.39 is 9.84 Å². The summed E-state index contributed by atoms with van der Waals surface area (Å²) in [5.41, 5.74) is 3.03. The summed E-state index contributed by atoms with van der Waals surface area (Å²) in [5, 5.41) is 8.33. The van der Waals surface area contributed by atoms with E-state index in [1.165, 1.54) is 0 Å². The van der Waals surface area contributed by atoms with Crippen LogP contribution in [0.4, 0.5) is 0 Å². The molecule has 1 aromatic heterocycles. The Morgan fingerprint density at radius 1 is 1.57 bits per heavy atom. The Bertz CT molecular complexity index is 709. The van der Waals surface area contributed by atoms with Crippen LogP contribution in [0.2, 0.25) is 0 Å². The van der Waals surface area contributed by atoms with Gasteiger partial charge in [-0.2, -0.15) is 5.10 Å². The van der Waals surface area contributed by atoms with E-state index in [4.69, 9.17) is 12.2 Å². The molecular weight excluding hydrogens is 332 g/mol. The number of hydrogen-bond acceptors (Lipinski definition) is 4. The number of sulfone groups is 1. The van der Waals surface area contributed by atoms with Gasteiger partial charge >= 0.3 is 0 Å². The third-order valence-electron chi connectivity index (χ3n) is 4.17. The van der Waals surface area contributed by atoms with Gasteiger partial charge in [-0.05, 0) is 32.5 Å².